The van der Waals surface area contributed by atoms with Crippen LogP contribution < -0.4 is 0 Å². The zero-order chi connectivity index (χ0) is 20.4. The van der Waals surface area contributed by atoms with Crippen molar-refractivity contribution in [2.45, 2.75) is 33.9 Å². The van der Waals surface area contributed by atoms with Crippen LogP contribution in [-0.4, -0.2) is 16.0 Å². The Morgan fingerprint density at radius 3 is 2.59 bits per heavy atom. The molecule has 148 valence electrons. The van der Waals surface area contributed by atoms with Crippen molar-refractivity contribution in [3.8, 4) is 11.3 Å². The highest BCUT2D eigenvalue weighted by Gasteiger charge is 2.23. The maximum Gasteiger partial charge on any atom is 0.276 e. The number of furan rings is 1. The quantitative estimate of drug-likeness (QED) is 0.408. The monoisotopic (exact) mass is 406 g/mol. The number of amides is 1. The Morgan fingerprint density at radius 1 is 1.03 bits per heavy atom. The Kier molecular flexibility index (Phi) is 5.36. The molecule has 0 aliphatic heterocycles. The number of carbonyl (C=O) groups is 1. The van der Waals surface area contributed by atoms with Crippen LogP contribution in [0, 0.1) is 20.8 Å². The van der Waals surface area contributed by atoms with E-state index in [1.807, 2.05) is 35.7 Å². The number of benzene rings is 1. The fourth-order valence-electron chi connectivity index (χ4n) is 3.10. The summed E-state index contributed by atoms with van der Waals surface area (Å²) in [4.78, 5) is 16.1. The van der Waals surface area contributed by atoms with Gasteiger partial charge in [0.05, 0.1) is 19.4 Å². The molecular formula is C23H22N2O3S. The van der Waals surface area contributed by atoms with Gasteiger partial charge < -0.3 is 13.8 Å². The summed E-state index contributed by atoms with van der Waals surface area (Å²) >= 11 is 1.64. The molecule has 6 heteroatoms. The van der Waals surface area contributed by atoms with E-state index in [-0.39, 0.29) is 5.91 Å². The zero-order valence-electron chi connectivity index (χ0n) is 16.6. The first-order chi connectivity index (χ1) is 14.0. The molecule has 0 saturated heterocycles. The minimum Gasteiger partial charge on any atom is -0.467 e. The van der Waals surface area contributed by atoms with Gasteiger partial charge in [0.25, 0.3) is 5.91 Å². The Hall–Kier alpha value is -3.12. The van der Waals surface area contributed by atoms with Gasteiger partial charge in [0.1, 0.15) is 5.76 Å². The number of nitrogens with zero attached hydrogens (tertiary/aromatic N) is 2. The van der Waals surface area contributed by atoms with Crippen LogP contribution in [0.25, 0.3) is 11.3 Å². The molecular weight excluding hydrogens is 384 g/mol. The molecule has 5 nitrogen and oxygen atoms in total. The maximum atomic E-state index is 13.2. The van der Waals surface area contributed by atoms with Crippen LogP contribution in [0.3, 0.4) is 0 Å². The molecule has 0 unspecified atom stereocenters. The van der Waals surface area contributed by atoms with Crippen LogP contribution in [-0.2, 0) is 13.1 Å². The van der Waals surface area contributed by atoms with Crippen molar-refractivity contribution in [2.75, 3.05) is 0 Å². The van der Waals surface area contributed by atoms with E-state index in [1.54, 1.807) is 28.6 Å². The van der Waals surface area contributed by atoms with Gasteiger partial charge >= 0.3 is 0 Å². The number of hydrogen-bond acceptors (Lipinski definition) is 5. The molecule has 0 spiro atoms. The summed E-state index contributed by atoms with van der Waals surface area (Å²) in [6.07, 6.45) is 1.61. The molecule has 4 rings (SSSR count). The molecule has 0 saturated carbocycles. The Labute approximate surface area is 173 Å². The number of thiophene rings is 1. The average Bonchev–Trinajstić information content (AvgIpc) is 3.46. The fourth-order valence-corrected chi connectivity index (χ4v) is 4.02. The smallest absolute Gasteiger partial charge is 0.276 e. The molecule has 0 fully saturated rings. The van der Waals surface area contributed by atoms with E-state index in [2.05, 4.69) is 32.0 Å². The summed E-state index contributed by atoms with van der Waals surface area (Å²) in [6.45, 7) is 7.03. The average molecular weight is 407 g/mol. The van der Waals surface area contributed by atoms with Crippen LogP contribution in [0.2, 0.25) is 0 Å². The fraction of sp³-hybridized carbons (Fsp3) is 0.217. The van der Waals surface area contributed by atoms with Gasteiger partial charge in [-0.15, -0.1) is 11.3 Å². The predicted molar refractivity (Wildman–Crippen MR) is 113 cm³/mol. The highest BCUT2D eigenvalue weighted by molar-refractivity contribution is 7.10. The van der Waals surface area contributed by atoms with E-state index in [9.17, 15) is 4.79 Å². The first-order valence-corrected chi connectivity index (χ1v) is 10.3. The topological polar surface area (TPSA) is 59.5 Å². The van der Waals surface area contributed by atoms with E-state index in [4.69, 9.17) is 8.94 Å². The van der Waals surface area contributed by atoms with Crippen molar-refractivity contribution < 1.29 is 13.7 Å². The van der Waals surface area contributed by atoms with E-state index in [1.165, 1.54) is 16.7 Å². The lowest BCUT2D eigenvalue weighted by molar-refractivity contribution is 0.0709. The second kappa shape index (κ2) is 8.09. The highest BCUT2D eigenvalue weighted by Crippen LogP contribution is 2.25. The Bertz CT molecular complexity index is 1120. The first kappa shape index (κ1) is 19.2. The normalized spacial score (nSPS) is 11.0. The lowest BCUT2D eigenvalue weighted by Gasteiger charge is -2.20. The molecule has 0 atom stereocenters. The first-order valence-electron chi connectivity index (χ1n) is 9.40. The van der Waals surface area contributed by atoms with Gasteiger partial charge in [-0.1, -0.05) is 17.3 Å². The summed E-state index contributed by atoms with van der Waals surface area (Å²) in [5.74, 6) is 1.13. The van der Waals surface area contributed by atoms with Crippen LogP contribution >= 0.6 is 11.3 Å². The van der Waals surface area contributed by atoms with Crippen molar-refractivity contribution in [1.29, 1.82) is 0 Å². The number of carbonyl (C=O) groups excluding carboxylic acids is 1. The van der Waals surface area contributed by atoms with Gasteiger partial charge in [0, 0.05) is 16.5 Å². The maximum absolute atomic E-state index is 13.2. The largest absolute Gasteiger partial charge is 0.467 e. The van der Waals surface area contributed by atoms with Crippen LogP contribution in [0.15, 0.2) is 63.0 Å². The number of hydrogen-bond donors (Lipinski definition) is 0. The highest BCUT2D eigenvalue weighted by atomic mass is 32.1. The minimum atomic E-state index is -0.187. The second-order valence-electron chi connectivity index (χ2n) is 7.14. The van der Waals surface area contributed by atoms with Gasteiger partial charge in [-0.2, -0.15) is 0 Å². The molecule has 0 aliphatic rings. The van der Waals surface area contributed by atoms with E-state index < -0.39 is 0 Å². The summed E-state index contributed by atoms with van der Waals surface area (Å²) in [5, 5.41) is 6.09. The van der Waals surface area contributed by atoms with Crippen LogP contribution in [0.1, 0.15) is 37.8 Å². The number of aryl methyl sites for hydroxylation is 3. The third-order valence-corrected chi connectivity index (χ3v) is 6.05. The molecule has 0 bridgehead atoms. The standard InChI is InChI=1S/C23H22N2O3S/c1-15-6-7-18(11-17(15)3)21-12-20(24-28-21)23(26)25(13-19-5-4-9-27-19)14-22-16(2)8-10-29-22/h4-12H,13-14H2,1-3H3. The van der Waals surface area contributed by atoms with E-state index >= 15 is 0 Å². The van der Waals surface area contributed by atoms with E-state index in [0.717, 1.165) is 16.2 Å². The Morgan fingerprint density at radius 2 is 1.90 bits per heavy atom. The van der Waals surface area contributed by atoms with Crippen molar-refractivity contribution in [3.05, 3.63) is 87.1 Å². The molecule has 0 N–H and O–H groups in total. The molecule has 4 aromatic rings. The summed E-state index contributed by atoms with van der Waals surface area (Å²) < 4.78 is 11.0. The van der Waals surface area contributed by atoms with Crippen molar-refractivity contribution in [1.82, 2.24) is 10.1 Å². The van der Waals surface area contributed by atoms with Crippen molar-refractivity contribution >= 4 is 17.2 Å². The third kappa shape index (κ3) is 4.17. The molecule has 29 heavy (non-hydrogen) atoms. The molecule has 3 aromatic heterocycles. The summed E-state index contributed by atoms with van der Waals surface area (Å²) in [5.41, 5.74) is 4.74. The molecule has 3 heterocycles. The van der Waals surface area contributed by atoms with Crippen LogP contribution in [0.4, 0.5) is 0 Å². The zero-order valence-corrected chi connectivity index (χ0v) is 17.5. The van der Waals surface area contributed by atoms with Gasteiger partial charge in [0.2, 0.25) is 0 Å². The van der Waals surface area contributed by atoms with Gasteiger partial charge in [-0.05, 0) is 67.1 Å². The lowest BCUT2D eigenvalue weighted by Crippen LogP contribution is -2.30. The molecule has 0 radical (unpaired) electrons. The SMILES string of the molecule is Cc1ccc(-c2cc(C(=O)N(Cc3ccco3)Cc3sccc3C)no2)cc1C. The van der Waals surface area contributed by atoms with Crippen molar-refractivity contribution in [3.63, 3.8) is 0 Å². The number of rotatable bonds is 6. The second-order valence-corrected chi connectivity index (χ2v) is 8.14. The molecule has 0 aliphatic carbocycles. The molecule has 1 amide bonds. The minimum absolute atomic E-state index is 0.187. The van der Waals surface area contributed by atoms with Gasteiger partial charge in [0.15, 0.2) is 11.5 Å². The van der Waals surface area contributed by atoms with E-state index in [0.29, 0.717) is 24.5 Å². The number of aromatic nitrogens is 1. The van der Waals surface area contributed by atoms with Crippen molar-refractivity contribution in [2.24, 2.45) is 0 Å². The third-order valence-electron chi connectivity index (χ3n) is 5.04. The summed E-state index contributed by atoms with van der Waals surface area (Å²) in [6, 6.07) is 13.5. The summed E-state index contributed by atoms with van der Waals surface area (Å²) in [7, 11) is 0. The molecule has 1 aromatic carbocycles. The van der Waals surface area contributed by atoms with Gasteiger partial charge in [-0.25, -0.2) is 0 Å². The predicted octanol–water partition coefficient (Wildman–Crippen LogP) is 5.76. The van der Waals surface area contributed by atoms with Gasteiger partial charge in [-0.3, -0.25) is 4.79 Å². The van der Waals surface area contributed by atoms with Crippen LogP contribution in [0.5, 0.6) is 0 Å². The Balaban J connectivity index is 1.60. The lowest BCUT2D eigenvalue weighted by atomic mass is 10.0.